The van der Waals surface area contributed by atoms with Gasteiger partial charge in [-0.25, -0.2) is 0 Å². The Labute approximate surface area is 152 Å². The van der Waals surface area contributed by atoms with Crippen LogP contribution in [0.15, 0.2) is 53.3 Å². The maximum atomic E-state index is 5.92. The van der Waals surface area contributed by atoms with Gasteiger partial charge < -0.3 is 9.26 Å². The van der Waals surface area contributed by atoms with Gasteiger partial charge in [-0.15, -0.1) is 15.3 Å². The smallest absolute Gasteiger partial charge is 0.259 e. The Morgan fingerprint density at radius 2 is 2.00 bits per heavy atom. The van der Waals surface area contributed by atoms with Gasteiger partial charge in [0.2, 0.25) is 5.82 Å². The van der Waals surface area contributed by atoms with E-state index in [2.05, 4.69) is 30.4 Å². The first kappa shape index (κ1) is 15.4. The Bertz CT molecular complexity index is 1250. The normalized spacial score (nSPS) is 11.3. The second kappa shape index (κ2) is 6.13. The van der Waals surface area contributed by atoms with E-state index in [-0.39, 0.29) is 6.61 Å². The van der Waals surface area contributed by atoms with Crippen molar-refractivity contribution >= 4 is 16.6 Å². The van der Waals surface area contributed by atoms with Crippen LogP contribution < -0.4 is 4.74 Å². The minimum absolute atomic E-state index is 0.269. The largest absolute Gasteiger partial charge is 0.469 e. The highest BCUT2D eigenvalue weighted by Gasteiger charge is 2.19. The molecule has 0 aliphatic rings. The summed E-state index contributed by atoms with van der Waals surface area (Å²) in [7, 11) is 0. The van der Waals surface area contributed by atoms with Crippen molar-refractivity contribution in [3.8, 4) is 17.4 Å². The van der Waals surface area contributed by atoms with Crippen molar-refractivity contribution in [3.63, 3.8) is 0 Å². The molecule has 0 saturated carbocycles. The highest BCUT2D eigenvalue weighted by molar-refractivity contribution is 5.94. The minimum atomic E-state index is 0.269. The molecule has 0 spiro atoms. The van der Waals surface area contributed by atoms with Gasteiger partial charge in [0.05, 0.1) is 11.1 Å². The first-order chi connectivity index (χ1) is 13.3. The van der Waals surface area contributed by atoms with Crippen molar-refractivity contribution in [2.45, 2.75) is 13.5 Å². The van der Waals surface area contributed by atoms with Crippen molar-refractivity contribution in [1.29, 1.82) is 0 Å². The molecule has 0 aromatic carbocycles. The van der Waals surface area contributed by atoms with E-state index in [4.69, 9.17) is 9.26 Å². The number of fused-ring (bicyclic) bond motifs is 3. The summed E-state index contributed by atoms with van der Waals surface area (Å²) in [4.78, 5) is 8.67. The monoisotopic (exact) mass is 359 g/mol. The maximum absolute atomic E-state index is 5.92. The predicted molar refractivity (Wildman–Crippen MR) is 94.9 cm³/mol. The van der Waals surface area contributed by atoms with Crippen LogP contribution >= 0.6 is 0 Å². The number of hydrogen-bond donors (Lipinski definition) is 0. The Hall–Kier alpha value is -3.88. The molecule has 5 rings (SSSR count). The highest BCUT2D eigenvalue weighted by Crippen LogP contribution is 2.27. The molecule has 132 valence electrons. The maximum Gasteiger partial charge on any atom is 0.259 e. The lowest BCUT2D eigenvalue weighted by Gasteiger charge is -2.08. The molecule has 0 N–H and O–H groups in total. The molecule has 0 unspecified atom stereocenters. The van der Waals surface area contributed by atoms with E-state index in [1.165, 1.54) is 0 Å². The first-order valence-corrected chi connectivity index (χ1v) is 8.26. The van der Waals surface area contributed by atoms with E-state index in [1.54, 1.807) is 23.0 Å². The summed E-state index contributed by atoms with van der Waals surface area (Å²) in [5.74, 6) is 1.51. The number of hydrogen-bond acceptors (Lipinski definition) is 8. The topological polar surface area (TPSA) is 104 Å². The van der Waals surface area contributed by atoms with Gasteiger partial charge in [0.25, 0.3) is 5.88 Å². The van der Waals surface area contributed by atoms with Crippen LogP contribution in [0.4, 0.5) is 0 Å². The Morgan fingerprint density at radius 1 is 1.07 bits per heavy atom. The number of ether oxygens (including phenoxy) is 1. The van der Waals surface area contributed by atoms with E-state index in [0.717, 1.165) is 11.1 Å². The van der Waals surface area contributed by atoms with Gasteiger partial charge in [0.1, 0.15) is 17.9 Å². The van der Waals surface area contributed by atoms with Crippen LogP contribution in [0.3, 0.4) is 0 Å². The van der Waals surface area contributed by atoms with Crippen molar-refractivity contribution in [3.05, 3.63) is 60.2 Å². The van der Waals surface area contributed by atoms with Crippen LogP contribution in [0.1, 0.15) is 11.5 Å². The summed E-state index contributed by atoms with van der Waals surface area (Å²) in [5.41, 5.74) is 2.51. The van der Waals surface area contributed by atoms with Crippen molar-refractivity contribution < 1.29 is 9.26 Å². The molecule has 0 amide bonds. The fraction of sp³-hybridized carbons (Fsp3) is 0.111. The van der Waals surface area contributed by atoms with Crippen LogP contribution in [0.2, 0.25) is 0 Å². The molecule has 5 heterocycles. The van der Waals surface area contributed by atoms with E-state index >= 15 is 0 Å². The van der Waals surface area contributed by atoms with Gasteiger partial charge in [-0.2, -0.15) is 4.52 Å². The van der Waals surface area contributed by atoms with Gasteiger partial charge >= 0.3 is 0 Å². The van der Waals surface area contributed by atoms with Gasteiger partial charge in [-0.3, -0.25) is 9.97 Å². The Morgan fingerprint density at radius 3 is 2.81 bits per heavy atom. The van der Waals surface area contributed by atoms with Crippen LogP contribution in [-0.4, -0.2) is 34.9 Å². The van der Waals surface area contributed by atoms with Gasteiger partial charge in [0.15, 0.2) is 11.3 Å². The Kier molecular flexibility index (Phi) is 3.49. The molecule has 0 atom stereocenters. The highest BCUT2D eigenvalue weighted by atomic mass is 16.5. The summed E-state index contributed by atoms with van der Waals surface area (Å²) in [6, 6.07) is 11.2. The zero-order valence-corrected chi connectivity index (χ0v) is 14.3. The lowest BCUT2D eigenvalue weighted by molar-refractivity contribution is 0.288. The lowest BCUT2D eigenvalue weighted by atomic mass is 10.3. The molecule has 9 heteroatoms. The van der Waals surface area contributed by atoms with E-state index in [0.29, 0.717) is 34.3 Å². The summed E-state index contributed by atoms with van der Waals surface area (Å²) in [6.45, 7) is 2.08. The van der Waals surface area contributed by atoms with Crippen molar-refractivity contribution in [2.24, 2.45) is 0 Å². The van der Waals surface area contributed by atoms with Gasteiger partial charge in [0, 0.05) is 18.5 Å². The molecule has 0 saturated heterocycles. The lowest BCUT2D eigenvalue weighted by Crippen LogP contribution is -2.05. The SMILES string of the molecule is Cc1cc(-c2nnc3c4cccnc4c(OCc4ccccn4)nn23)no1. The number of nitrogens with zero attached hydrogens (tertiary/aromatic N) is 7. The fourth-order valence-electron chi connectivity index (χ4n) is 2.79. The number of pyridine rings is 2. The summed E-state index contributed by atoms with van der Waals surface area (Å²) in [6.07, 6.45) is 3.41. The van der Waals surface area contributed by atoms with Crippen LogP contribution in [0, 0.1) is 6.92 Å². The third-order valence-electron chi connectivity index (χ3n) is 4.02. The summed E-state index contributed by atoms with van der Waals surface area (Å²) in [5, 5.41) is 17.8. The van der Waals surface area contributed by atoms with Crippen LogP contribution in [0.25, 0.3) is 28.1 Å². The first-order valence-electron chi connectivity index (χ1n) is 8.26. The summed E-state index contributed by atoms with van der Waals surface area (Å²) >= 11 is 0. The molecule has 0 fully saturated rings. The molecule has 27 heavy (non-hydrogen) atoms. The number of aromatic nitrogens is 7. The van der Waals surface area contributed by atoms with E-state index in [9.17, 15) is 0 Å². The van der Waals surface area contributed by atoms with Crippen molar-refractivity contribution in [1.82, 2.24) is 34.9 Å². The summed E-state index contributed by atoms with van der Waals surface area (Å²) < 4.78 is 12.7. The van der Waals surface area contributed by atoms with Gasteiger partial charge in [-0.1, -0.05) is 11.2 Å². The Balaban J connectivity index is 1.66. The average Bonchev–Trinajstić information content (AvgIpc) is 3.33. The molecule has 0 radical (unpaired) electrons. The molecule has 0 bridgehead atoms. The van der Waals surface area contributed by atoms with E-state index < -0.39 is 0 Å². The van der Waals surface area contributed by atoms with Crippen LogP contribution in [-0.2, 0) is 6.61 Å². The molecule has 0 aliphatic heterocycles. The zero-order valence-electron chi connectivity index (χ0n) is 14.3. The second-order valence-electron chi connectivity index (χ2n) is 5.90. The third-order valence-corrected chi connectivity index (χ3v) is 4.02. The van der Waals surface area contributed by atoms with Crippen molar-refractivity contribution in [2.75, 3.05) is 0 Å². The second-order valence-corrected chi connectivity index (χ2v) is 5.90. The fourth-order valence-corrected chi connectivity index (χ4v) is 2.79. The third kappa shape index (κ3) is 2.65. The molecule has 9 nitrogen and oxygen atoms in total. The van der Waals surface area contributed by atoms with Gasteiger partial charge in [-0.05, 0) is 31.2 Å². The van der Waals surface area contributed by atoms with E-state index in [1.807, 2.05) is 37.3 Å². The average molecular weight is 359 g/mol. The van der Waals surface area contributed by atoms with Crippen LogP contribution in [0.5, 0.6) is 5.88 Å². The quantitative estimate of drug-likeness (QED) is 0.482. The molecular formula is C18H13N7O2. The zero-order chi connectivity index (χ0) is 18.2. The standard InChI is InChI=1S/C18H13N7O2/c1-11-9-14(24-27-11)17-22-21-16-13-6-4-8-20-15(13)18(23-25(16)17)26-10-12-5-2-3-7-19-12/h2-9H,10H2,1H3. The molecule has 0 aliphatic carbocycles. The molecule has 5 aromatic rings. The molecule has 5 aromatic heterocycles. The number of rotatable bonds is 4. The molecular weight excluding hydrogens is 346 g/mol. The number of aryl methyl sites for hydroxylation is 1. The predicted octanol–water partition coefficient (Wildman–Crippen LogP) is 2.61. The minimum Gasteiger partial charge on any atom is -0.469 e.